The Hall–Kier alpha value is 0.625. The molecule has 0 aromatic rings. The first kappa shape index (κ1) is 11.4. The Morgan fingerprint density at radius 2 is 2.25 bits per heavy atom. The zero-order valence-electron chi connectivity index (χ0n) is 4.76. The topological polar surface area (TPSA) is 46.5 Å². The van der Waals surface area contributed by atoms with Crippen molar-refractivity contribution in [1.29, 1.82) is 0 Å². The van der Waals surface area contributed by atoms with Crippen LogP contribution in [-0.2, 0) is 9.53 Å². The minimum atomic E-state index is -0.818. The fourth-order valence-electron chi connectivity index (χ4n) is 0.189. The number of methoxy groups -OCH3 is 1. The maximum absolute atomic E-state index is 9.68. The van der Waals surface area contributed by atoms with Gasteiger partial charge in [0.2, 0.25) is 0 Å². The number of hydrogen-bond acceptors (Lipinski definition) is 2. The number of carboxylic acid groups (broad SMARTS) is 1. The monoisotopic (exact) mass is 243 g/mol. The molecule has 0 saturated carbocycles. The summed E-state index contributed by atoms with van der Waals surface area (Å²) in [6, 6.07) is 0. The van der Waals surface area contributed by atoms with E-state index in [2.05, 4.69) is 4.74 Å². The first-order valence-corrected chi connectivity index (χ1v) is 1.98. The summed E-state index contributed by atoms with van der Waals surface area (Å²) in [5.74, 6) is -0.818. The van der Waals surface area contributed by atoms with Crippen LogP contribution < -0.4 is 0 Å². The second-order valence-electron chi connectivity index (χ2n) is 1.14. The van der Waals surface area contributed by atoms with Crippen molar-refractivity contribution in [3.63, 3.8) is 0 Å². The van der Waals surface area contributed by atoms with Crippen LogP contribution in [0.25, 0.3) is 0 Å². The summed E-state index contributed by atoms with van der Waals surface area (Å²) in [5.41, 5.74) is 0. The average Bonchev–Trinajstić information content (AvgIpc) is 1.61. The molecule has 0 aromatic heterocycles. The molecule has 3 nitrogen and oxygen atoms in total. The van der Waals surface area contributed by atoms with Crippen LogP contribution in [0.2, 0.25) is 0 Å². The summed E-state index contributed by atoms with van der Waals surface area (Å²) < 4.78 is 4.47. The van der Waals surface area contributed by atoms with Gasteiger partial charge in [0, 0.05) is 42.7 Å². The van der Waals surface area contributed by atoms with Crippen LogP contribution in [0.5, 0.6) is 0 Å². The zero-order chi connectivity index (χ0) is 5.70. The second-order valence-corrected chi connectivity index (χ2v) is 1.14. The van der Waals surface area contributed by atoms with E-state index in [0.717, 1.165) is 0 Å². The number of rotatable bonds is 3. The van der Waals surface area contributed by atoms with Crippen molar-refractivity contribution in [2.75, 3.05) is 13.7 Å². The summed E-state index contributed by atoms with van der Waals surface area (Å²) in [7, 11) is 1.48. The van der Waals surface area contributed by atoms with Crippen LogP contribution in [0.15, 0.2) is 0 Å². The molecule has 0 saturated heterocycles. The van der Waals surface area contributed by atoms with Crippen molar-refractivity contribution >= 4 is 5.97 Å². The first-order valence-electron chi connectivity index (χ1n) is 1.98. The smallest absolute Gasteiger partial charge is 0.305 e. The molecule has 0 heterocycles. The van der Waals surface area contributed by atoms with E-state index in [4.69, 9.17) is 5.11 Å². The van der Waals surface area contributed by atoms with Gasteiger partial charge in [-0.05, 0) is 0 Å². The van der Waals surface area contributed by atoms with Gasteiger partial charge in [-0.3, -0.25) is 4.79 Å². The quantitative estimate of drug-likeness (QED) is 0.765. The Balaban J connectivity index is 0. The van der Waals surface area contributed by atoms with Gasteiger partial charge >= 0.3 is 5.97 Å². The van der Waals surface area contributed by atoms with Crippen molar-refractivity contribution in [3.8, 4) is 0 Å². The predicted molar refractivity (Wildman–Crippen MR) is 24.1 cm³/mol. The molecule has 0 spiro atoms. The molecule has 0 amide bonds. The Kier molecular flexibility index (Phi) is 10.9. The molecule has 45 valence electrons. The molecule has 0 aromatic carbocycles. The molecule has 0 rings (SSSR count). The molecular formula is C4H8LaO3. The fraction of sp³-hybridized carbons (Fsp3) is 0.750. The minimum Gasteiger partial charge on any atom is -0.481 e. The van der Waals surface area contributed by atoms with Gasteiger partial charge in [-0.15, -0.1) is 0 Å². The molecule has 0 unspecified atom stereocenters. The number of hydrogen-bond donors (Lipinski definition) is 1. The Morgan fingerprint density at radius 1 is 1.75 bits per heavy atom. The Labute approximate surface area is 76.0 Å². The van der Waals surface area contributed by atoms with Gasteiger partial charge in [0.1, 0.15) is 0 Å². The summed E-state index contributed by atoms with van der Waals surface area (Å²) in [5, 5.41) is 7.96. The largest absolute Gasteiger partial charge is 0.481 e. The molecule has 8 heavy (non-hydrogen) atoms. The molecule has 0 aliphatic heterocycles. The van der Waals surface area contributed by atoms with Crippen molar-refractivity contribution in [1.82, 2.24) is 0 Å². The van der Waals surface area contributed by atoms with Gasteiger partial charge in [-0.1, -0.05) is 0 Å². The van der Waals surface area contributed by atoms with E-state index >= 15 is 0 Å². The SMILES string of the molecule is COCCC(=O)O.[La]. The second kappa shape index (κ2) is 7.62. The van der Waals surface area contributed by atoms with Gasteiger partial charge < -0.3 is 9.84 Å². The van der Waals surface area contributed by atoms with Crippen molar-refractivity contribution in [2.24, 2.45) is 0 Å². The summed E-state index contributed by atoms with van der Waals surface area (Å²) in [4.78, 5) is 9.68. The van der Waals surface area contributed by atoms with Crippen molar-refractivity contribution < 1.29 is 50.2 Å². The summed E-state index contributed by atoms with van der Waals surface area (Å²) in [6.45, 7) is 0.301. The van der Waals surface area contributed by atoms with Gasteiger partial charge in [0.15, 0.2) is 0 Å². The molecule has 0 bridgehead atoms. The maximum atomic E-state index is 9.68. The van der Waals surface area contributed by atoms with E-state index in [9.17, 15) is 4.79 Å². The normalized spacial score (nSPS) is 7.62. The van der Waals surface area contributed by atoms with E-state index < -0.39 is 5.97 Å². The van der Waals surface area contributed by atoms with E-state index in [1.54, 1.807) is 0 Å². The maximum Gasteiger partial charge on any atom is 0.305 e. The van der Waals surface area contributed by atoms with Gasteiger partial charge in [0.25, 0.3) is 0 Å². The summed E-state index contributed by atoms with van der Waals surface area (Å²) in [6.07, 6.45) is 0.0938. The summed E-state index contributed by atoms with van der Waals surface area (Å²) >= 11 is 0. The van der Waals surface area contributed by atoms with Crippen LogP contribution >= 0.6 is 0 Å². The average molecular weight is 243 g/mol. The van der Waals surface area contributed by atoms with Crippen molar-refractivity contribution in [2.45, 2.75) is 6.42 Å². The first-order chi connectivity index (χ1) is 3.27. The zero-order valence-corrected chi connectivity index (χ0v) is 8.38. The number of ether oxygens (including phenoxy) is 1. The predicted octanol–water partition coefficient (Wildman–Crippen LogP) is 0.108. The van der Waals surface area contributed by atoms with Crippen LogP contribution in [0.4, 0.5) is 0 Å². The van der Waals surface area contributed by atoms with E-state index in [0.29, 0.717) is 6.61 Å². The molecule has 0 aliphatic rings. The molecule has 0 atom stereocenters. The third kappa shape index (κ3) is 9.80. The van der Waals surface area contributed by atoms with E-state index in [-0.39, 0.29) is 42.0 Å². The van der Waals surface area contributed by atoms with Gasteiger partial charge in [-0.2, -0.15) is 0 Å². The van der Waals surface area contributed by atoms with Gasteiger partial charge in [-0.25, -0.2) is 0 Å². The molecule has 0 aliphatic carbocycles. The van der Waals surface area contributed by atoms with Crippen molar-refractivity contribution in [3.05, 3.63) is 0 Å². The molecule has 0 fully saturated rings. The van der Waals surface area contributed by atoms with Gasteiger partial charge in [0.05, 0.1) is 13.0 Å². The molecule has 4 heteroatoms. The van der Waals surface area contributed by atoms with Crippen LogP contribution in [-0.4, -0.2) is 24.8 Å². The molecule has 1 radical (unpaired) electrons. The van der Waals surface area contributed by atoms with Crippen LogP contribution in [0.1, 0.15) is 6.42 Å². The van der Waals surface area contributed by atoms with E-state index in [1.807, 2.05) is 0 Å². The third-order valence-electron chi connectivity index (χ3n) is 0.520. The number of carbonyl (C=O) groups is 1. The molecule has 1 N–H and O–H groups in total. The Bertz CT molecular complexity index is 64.3. The van der Waals surface area contributed by atoms with Crippen LogP contribution in [0, 0.1) is 35.6 Å². The van der Waals surface area contributed by atoms with E-state index in [1.165, 1.54) is 7.11 Å². The van der Waals surface area contributed by atoms with Crippen LogP contribution in [0.3, 0.4) is 0 Å². The number of carboxylic acids is 1. The minimum absolute atomic E-state index is 0. The standard InChI is InChI=1S/C4H8O3.La/c1-7-3-2-4(5)6;/h2-3H2,1H3,(H,5,6);. The molecular weight excluding hydrogens is 235 g/mol. The Morgan fingerprint density at radius 3 is 2.38 bits per heavy atom. The third-order valence-corrected chi connectivity index (χ3v) is 0.520. The fourth-order valence-corrected chi connectivity index (χ4v) is 0.189. The number of aliphatic carboxylic acids is 1.